The second-order valence-electron chi connectivity index (χ2n) is 8.27. The zero-order valence-electron chi connectivity index (χ0n) is 19.8. The Labute approximate surface area is 207 Å². The molecule has 2 aromatic rings. The highest BCUT2D eigenvalue weighted by Crippen LogP contribution is 2.05. The topological polar surface area (TPSA) is 222 Å². The normalized spacial score (nSPS) is 14.1. The second kappa shape index (κ2) is 13.6. The number of hydrogen-bond donors (Lipinski definition) is 7. The highest BCUT2D eigenvalue weighted by Gasteiger charge is 2.29. The van der Waals surface area contributed by atoms with Crippen LogP contribution in [-0.4, -0.2) is 68.8 Å². The molecule has 2 rings (SSSR count). The van der Waals surface area contributed by atoms with Crippen LogP contribution in [0.25, 0.3) is 0 Å². The molecular formula is C23H31N7O6. The van der Waals surface area contributed by atoms with Gasteiger partial charge in [-0.3, -0.25) is 19.2 Å². The number of primary amides is 1. The largest absolute Gasteiger partial charge is 0.480 e. The SMILES string of the molecule is CC(NC(=O)C(N)Cc1ccccc1)C(=O)NC(CCC(N)=O)C(=O)NC(Cc1cnc[nH]1)C(=O)O. The summed E-state index contributed by atoms with van der Waals surface area (Å²) in [5.41, 5.74) is 12.4. The molecule has 0 saturated carbocycles. The van der Waals surface area contributed by atoms with E-state index in [1.54, 1.807) is 0 Å². The van der Waals surface area contributed by atoms with E-state index in [9.17, 15) is 29.1 Å². The Morgan fingerprint density at radius 1 is 0.972 bits per heavy atom. The van der Waals surface area contributed by atoms with Gasteiger partial charge in [0.1, 0.15) is 18.1 Å². The summed E-state index contributed by atoms with van der Waals surface area (Å²) >= 11 is 0. The van der Waals surface area contributed by atoms with Crippen LogP contribution in [0.2, 0.25) is 0 Å². The molecule has 0 aliphatic carbocycles. The quantitative estimate of drug-likeness (QED) is 0.158. The van der Waals surface area contributed by atoms with Gasteiger partial charge in [-0.15, -0.1) is 0 Å². The first-order valence-electron chi connectivity index (χ1n) is 11.3. The number of carboxylic acids is 1. The molecule has 0 spiro atoms. The van der Waals surface area contributed by atoms with Crippen molar-refractivity contribution in [1.82, 2.24) is 25.9 Å². The molecule has 0 aliphatic rings. The van der Waals surface area contributed by atoms with Crippen LogP contribution in [0.1, 0.15) is 31.0 Å². The van der Waals surface area contributed by atoms with Gasteiger partial charge in [-0.25, -0.2) is 9.78 Å². The minimum Gasteiger partial charge on any atom is -0.480 e. The van der Waals surface area contributed by atoms with E-state index < -0.39 is 53.8 Å². The van der Waals surface area contributed by atoms with Crippen molar-refractivity contribution in [3.8, 4) is 0 Å². The van der Waals surface area contributed by atoms with Crippen LogP contribution in [-0.2, 0) is 36.8 Å². The molecule has 4 atom stereocenters. The number of carboxylic acid groups (broad SMARTS) is 1. The fourth-order valence-corrected chi connectivity index (χ4v) is 3.29. The molecule has 13 heteroatoms. The number of imidazole rings is 1. The van der Waals surface area contributed by atoms with Gasteiger partial charge in [0.2, 0.25) is 23.6 Å². The number of nitrogens with one attached hydrogen (secondary N) is 4. The van der Waals surface area contributed by atoms with Gasteiger partial charge in [-0.1, -0.05) is 30.3 Å². The number of amides is 4. The number of rotatable bonds is 14. The monoisotopic (exact) mass is 501 g/mol. The Kier molecular flexibility index (Phi) is 10.6. The molecule has 0 fully saturated rings. The van der Waals surface area contributed by atoms with E-state index >= 15 is 0 Å². The van der Waals surface area contributed by atoms with Crippen LogP contribution >= 0.6 is 0 Å². The van der Waals surface area contributed by atoms with E-state index in [2.05, 4.69) is 25.9 Å². The fourth-order valence-electron chi connectivity index (χ4n) is 3.29. The van der Waals surface area contributed by atoms with Crippen molar-refractivity contribution in [1.29, 1.82) is 0 Å². The standard InChI is InChI=1S/C23H31N7O6/c1-13(28-21(33)16(24)9-14-5-3-2-4-6-14)20(32)29-17(7-8-19(25)31)22(34)30-18(23(35)36)10-15-11-26-12-27-15/h2-6,11-13,16-18H,7-10,24H2,1H3,(H2,25,31)(H,26,27)(H,28,33)(H,29,32)(H,30,34)(H,35,36). The van der Waals surface area contributed by atoms with Crippen molar-refractivity contribution in [2.75, 3.05) is 0 Å². The van der Waals surface area contributed by atoms with Gasteiger partial charge >= 0.3 is 5.97 Å². The molecule has 194 valence electrons. The predicted octanol–water partition coefficient (Wildman–Crippen LogP) is -1.65. The highest BCUT2D eigenvalue weighted by molar-refractivity contribution is 5.94. The molecular weight excluding hydrogens is 470 g/mol. The Bertz CT molecular complexity index is 1040. The minimum atomic E-state index is -1.32. The predicted molar refractivity (Wildman–Crippen MR) is 128 cm³/mol. The summed E-state index contributed by atoms with van der Waals surface area (Å²) in [7, 11) is 0. The molecule has 0 radical (unpaired) electrons. The third-order valence-electron chi connectivity index (χ3n) is 5.29. The van der Waals surface area contributed by atoms with Gasteiger partial charge in [0.15, 0.2) is 0 Å². The molecule has 0 saturated heterocycles. The van der Waals surface area contributed by atoms with E-state index in [1.807, 2.05) is 30.3 Å². The number of carbonyl (C=O) groups is 5. The average Bonchev–Trinajstić information content (AvgIpc) is 3.34. The zero-order valence-corrected chi connectivity index (χ0v) is 19.8. The maximum absolute atomic E-state index is 12.8. The summed E-state index contributed by atoms with van der Waals surface area (Å²) in [6, 6.07) is 4.55. The second-order valence-corrected chi connectivity index (χ2v) is 8.27. The summed E-state index contributed by atoms with van der Waals surface area (Å²) in [6.07, 6.45) is 2.56. The fraction of sp³-hybridized carbons (Fsp3) is 0.391. The Morgan fingerprint density at radius 2 is 1.64 bits per heavy atom. The van der Waals surface area contributed by atoms with Crippen LogP contribution in [0.5, 0.6) is 0 Å². The lowest BCUT2D eigenvalue weighted by atomic mass is 10.1. The maximum atomic E-state index is 12.8. The van der Waals surface area contributed by atoms with Crippen LogP contribution in [0.3, 0.4) is 0 Å². The molecule has 36 heavy (non-hydrogen) atoms. The van der Waals surface area contributed by atoms with Crippen LogP contribution in [0.4, 0.5) is 0 Å². The first kappa shape index (κ1) is 28.0. The summed E-state index contributed by atoms with van der Waals surface area (Å²) < 4.78 is 0. The van der Waals surface area contributed by atoms with Gasteiger partial charge in [0, 0.05) is 24.7 Å². The van der Waals surface area contributed by atoms with Gasteiger partial charge in [0.05, 0.1) is 12.4 Å². The van der Waals surface area contributed by atoms with Crippen molar-refractivity contribution < 1.29 is 29.1 Å². The number of aromatic nitrogens is 2. The van der Waals surface area contributed by atoms with Crippen molar-refractivity contribution in [2.24, 2.45) is 11.5 Å². The number of benzene rings is 1. The number of aliphatic carboxylic acids is 1. The van der Waals surface area contributed by atoms with Crippen LogP contribution in [0.15, 0.2) is 42.9 Å². The average molecular weight is 502 g/mol. The lowest BCUT2D eigenvalue weighted by Crippen LogP contribution is -2.56. The summed E-state index contributed by atoms with van der Waals surface area (Å²) in [5.74, 6) is -4.12. The van der Waals surface area contributed by atoms with Gasteiger partial charge in [-0.2, -0.15) is 0 Å². The van der Waals surface area contributed by atoms with E-state index in [4.69, 9.17) is 11.5 Å². The smallest absolute Gasteiger partial charge is 0.326 e. The Morgan fingerprint density at radius 3 is 2.22 bits per heavy atom. The molecule has 1 aromatic carbocycles. The lowest BCUT2D eigenvalue weighted by molar-refractivity contribution is -0.142. The molecule has 1 heterocycles. The molecule has 1 aromatic heterocycles. The number of nitrogens with zero attached hydrogens (tertiary/aromatic N) is 1. The number of aromatic amines is 1. The van der Waals surface area contributed by atoms with E-state index in [0.29, 0.717) is 5.69 Å². The molecule has 4 unspecified atom stereocenters. The molecule has 4 amide bonds. The zero-order chi connectivity index (χ0) is 26.7. The van der Waals surface area contributed by atoms with Crippen molar-refractivity contribution in [3.05, 3.63) is 54.1 Å². The molecule has 0 bridgehead atoms. The summed E-state index contributed by atoms with van der Waals surface area (Å²) in [4.78, 5) is 67.4. The van der Waals surface area contributed by atoms with E-state index in [0.717, 1.165) is 5.56 Å². The third-order valence-corrected chi connectivity index (χ3v) is 5.29. The van der Waals surface area contributed by atoms with Crippen LogP contribution < -0.4 is 27.4 Å². The minimum absolute atomic E-state index is 0.0800. The summed E-state index contributed by atoms with van der Waals surface area (Å²) in [6.45, 7) is 1.41. The van der Waals surface area contributed by atoms with Crippen molar-refractivity contribution in [3.63, 3.8) is 0 Å². The molecule has 0 aliphatic heterocycles. The van der Waals surface area contributed by atoms with E-state index in [1.165, 1.54) is 19.4 Å². The maximum Gasteiger partial charge on any atom is 0.326 e. The van der Waals surface area contributed by atoms with Crippen molar-refractivity contribution >= 4 is 29.6 Å². The summed E-state index contributed by atoms with van der Waals surface area (Å²) in [5, 5.41) is 16.8. The van der Waals surface area contributed by atoms with E-state index in [-0.39, 0.29) is 25.7 Å². The molecule has 13 nitrogen and oxygen atoms in total. The van der Waals surface area contributed by atoms with Crippen LogP contribution in [0, 0.1) is 0 Å². The Hall–Kier alpha value is -4.26. The number of H-pyrrole nitrogens is 1. The van der Waals surface area contributed by atoms with Gasteiger partial charge in [0.25, 0.3) is 0 Å². The van der Waals surface area contributed by atoms with Gasteiger partial charge < -0.3 is 37.5 Å². The first-order chi connectivity index (χ1) is 17.1. The number of carbonyl (C=O) groups excluding carboxylic acids is 4. The molecule has 9 N–H and O–H groups in total. The van der Waals surface area contributed by atoms with Gasteiger partial charge in [-0.05, 0) is 25.3 Å². The lowest BCUT2D eigenvalue weighted by Gasteiger charge is -2.23. The third kappa shape index (κ3) is 9.18. The number of nitrogens with two attached hydrogens (primary N) is 2. The highest BCUT2D eigenvalue weighted by atomic mass is 16.4. The Balaban J connectivity index is 1.99. The van der Waals surface area contributed by atoms with Crippen molar-refractivity contribution in [2.45, 2.75) is 56.8 Å². The first-order valence-corrected chi connectivity index (χ1v) is 11.3. The number of hydrogen-bond acceptors (Lipinski definition) is 7.